The first-order valence-electron chi connectivity index (χ1n) is 8.91. The molecular formula is C23H22N2O. The van der Waals surface area contributed by atoms with E-state index in [9.17, 15) is 4.79 Å². The molecule has 0 saturated heterocycles. The van der Waals surface area contributed by atoms with E-state index in [1.165, 1.54) is 11.1 Å². The summed E-state index contributed by atoms with van der Waals surface area (Å²) in [4.78, 5) is 15.3. The zero-order valence-corrected chi connectivity index (χ0v) is 15.1. The SMILES string of the molecule is Cc1ccc(NC(=O)C2Cc3ccccc3N(C)c3ccccc32)cc1. The largest absolute Gasteiger partial charge is 0.344 e. The summed E-state index contributed by atoms with van der Waals surface area (Å²) in [7, 11) is 2.07. The fourth-order valence-corrected chi connectivity index (χ4v) is 3.66. The van der Waals surface area contributed by atoms with Gasteiger partial charge in [-0.25, -0.2) is 0 Å². The van der Waals surface area contributed by atoms with Crippen molar-refractivity contribution in [2.24, 2.45) is 0 Å². The predicted molar refractivity (Wildman–Crippen MR) is 107 cm³/mol. The van der Waals surface area contributed by atoms with Gasteiger partial charge in [0.05, 0.1) is 5.92 Å². The lowest BCUT2D eigenvalue weighted by atomic mass is 9.91. The molecule has 1 aliphatic heterocycles. The highest BCUT2D eigenvalue weighted by atomic mass is 16.1. The van der Waals surface area contributed by atoms with Gasteiger partial charge in [0.25, 0.3) is 0 Å². The molecule has 26 heavy (non-hydrogen) atoms. The van der Waals surface area contributed by atoms with Gasteiger partial charge in [-0.2, -0.15) is 0 Å². The van der Waals surface area contributed by atoms with Crippen molar-refractivity contribution < 1.29 is 4.79 Å². The second-order valence-corrected chi connectivity index (χ2v) is 6.86. The van der Waals surface area contributed by atoms with Crippen LogP contribution in [0.2, 0.25) is 0 Å². The summed E-state index contributed by atoms with van der Waals surface area (Å²) < 4.78 is 0. The van der Waals surface area contributed by atoms with Crippen molar-refractivity contribution in [2.75, 3.05) is 17.3 Å². The van der Waals surface area contributed by atoms with Gasteiger partial charge < -0.3 is 10.2 Å². The maximum absolute atomic E-state index is 13.2. The molecule has 1 heterocycles. The molecule has 0 aromatic heterocycles. The Balaban J connectivity index is 1.74. The molecule has 1 unspecified atom stereocenters. The summed E-state index contributed by atoms with van der Waals surface area (Å²) in [5, 5.41) is 3.10. The molecule has 1 amide bonds. The number of hydrogen-bond acceptors (Lipinski definition) is 2. The average Bonchev–Trinajstić information content (AvgIpc) is 2.79. The van der Waals surface area contributed by atoms with Crippen LogP contribution in [0.15, 0.2) is 72.8 Å². The minimum atomic E-state index is -0.224. The zero-order chi connectivity index (χ0) is 18.1. The molecular weight excluding hydrogens is 320 g/mol. The van der Waals surface area contributed by atoms with Crippen LogP contribution in [0.3, 0.4) is 0 Å². The quantitative estimate of drug-likeness (QED) is 0.707. The average molecular weight is 342 g/mol. The number of hydrogen-bond donors (Lipinski definition) is 1. The third-order valence-electron chi connectivity index (χ3n) is 5.09. The van der Waals surface area contributed by atoms with Crippen LogP contribution in [0.5, 0.6) is 0 Å². The van der Waals surface area contributed by atoms with Crippen molar-refractivity contribution in [3.63, 3.8) is 0 Å². The predicted octanol–water partition coefficient (Wildman–Crippen LogP) is 5.04. The van der Waals surface area contributed by atoms with E-state index in [0.29, 0.717) is 6.42 Å². The third-order valence-corrected chi connectivity index (χ3v) is 5.09. The smallest absolute Gasteiger partial charge is 0.232 e. The molecule has 0 fully saturated rings. The van der Waals surface area contributed by atoms with E-state index in [0.717, 1.165) is 22.6 Å². The molecule has 4 rings (SSSR count). The molecule has 1 N–H and O–H groups in total. The number of aryl methyl sites for hydroxylation is 1. The number of anilines is 3. The summed E-state index contributed by atoms with van der Waals surface area (Å²) in [5.41, 5.74) is 6.51. The van der Waals surface area contributed by atoms with Gasteiger partial charge in [-0.3, -0.25) is 4.79 Å². The van der Waals surface area contributed by atoms with E-state index in [2.05, 4.69) is 41.5 Å². The Morgan fingerprint density at radius 2 is 1.58 bits per heavy atom. The van der Waals surface area contributed by atoms with Crippen molar-refractivity contribution >= 4 is 23.0 Å². The van der Waals surface area contributed by atoms with Crippen LogP contribution in [0.4, 0.5) is 17.1 Å². The van der Waals surface area contributed by atoms with E-state index >= 15 is 0 Å². The first-order chi connectivity index (χ1) is 12.6. The maximum Gasteiger partial charge on any atom is 0.232 e. The van der Waals surface area contributed by atoms with E-state index in [-0.39, 0.29) is 11.8 Å². The highest BCUT2D eigenvalue weighted by molar-refractivity contribution is 5.98. The lowest BCUT2D eigenvalue weighted by Gasteiger charge is -2.22. The summed E-state index contributed by atoms with van der Waals surface area (Å²) in [6, 6.07) is 24.4. The van der Waals surface area contributed by atoms with E-state index in [1.807, 2.05) is 55.5 Å². The second kappa shape index (κ2) is 6.68. The van der Waals surface area contributed by atoms with Crippen molar-refractivity contribution in [3.05, 3.63) is 89.5 Å². The van der Waals surface area contributed by atoms with Crippen molar-refractivity contribution in [1.29, 1.82) is 0 Å². The van der Waals surface area contributed by atoms with Gasteiger partial charge in [-0.1, -0.05) is 54.1 Å². The molecule has 1 atom stereocenters. The second-order valence-electron chi connectivity index (χ2n) is 6.86. The monoisotopic (exact) mass is 342 g/mol. The Morgan fingerprint density at radius 3 is 2.35 bits per heavy atom. The highest BCUT2D eigenvalue weighted by Crippen LogP contribution is 2.40. The fraction of sp³-hybridized carbons (Fsp3) is 0.174. The molecule has 0 aliphatic carbocycles. The molecule has 3 nitrogen and oxygen atoms in total. The Hall–Kier alpha value is -3.07. The molecule has 0 spiro atoms. The van der Waals surface area contributed by atoms with Crippen LogP contribution in [-0.4, -0.2) is 13.0 Å². The third kappa shape index (κ3) is 2.97. The molecule has 130 valence electrons. The van der Waals surface area contributed by atoms with Gasteiger partial charge in [0.15, 0.2) is 0 Å². The maximum atomic E-state index is 13.2. The van der Waals surface area contributed by atoms with Crippen LogP contribution in [0, 0.1) is 6.92 Å². The first-order valence-corrected chi connectivity index (χ1v) is 8.91. The van der Waals surface area contributed by atoms with Gasteiger partial charge in [0.2, 0.25) is 5.91 Å². The van der Waals surface area contributed by atoms with Gasteiger partial charge >= 0.3 is 0 Å². The number of nitrogens with one attached hydrogen (secondary N) is 1. The number of rotatable bonds is 2. The Bertz CT molecular complexity index is 946. The number of benzene rings is 3. The van der Waals surface area contributed by atoms with E-state index < -0.39 is 0 Å². The van der Waals surface area contributed by atoms with Crippen LogP contribution >= 0.6 is 0 Å². The van der Waals surface area contributed by atoms with Crippen molar-refractivity contribution in [1.82, 2.24) is 0 Å². The van der Waals surface area contributed by atoms with E-state index in [1.54, 1.807) is 0 Å². The van der Waals surface area contributed by atoms with Gasteiger partial charge in [-0.05, 0) is 48.7 Å². The van der Waals surface area contributed by atoms with Crippen LogP contribution in [0.1, 0.15) is 22.6 Å². The van der Waals surface area contributed by atoms with Crippen LogP contribution in [0.25, 0.3) is 0 Å². The number of amides is 1. The Kier molecular flexibility index (Phi) is 4.21. The molecule has 3 heteroatoms. The normalized spacial score (nSPS) is 15.6. The summed E-state index contributed by atoms with van der Waals surface area (Å²) in [5.74, 6) is -0.190. The van der Waals surface area contributed by atoms with Gasteiger partial charge in [0.1, 0.15) is 0 Å². The molecule has 0 radical (unpaired) electrons. The van der Waals surface area contributed by atoms with E-state index in [4.69, 9.17) is 0 Å². The van der Waals surface area contributed by atoms with Crippen LogP contribution in [-0.2, 0) is 11.2 Å². The lowest BCUT2D eigenvalue weighted by Crippen LogP contribution is -2.23. The number of nitrogens with zero attached hydrogens (tertiary/aromatic N) is 1. The van der Waals surface area contributed by atoms with Gasteiger partial charge in [-0.15, -0.1) is 0 Å². The molecule has 3 aromatic carbocycles. The number of para-hydroxylation sites is 2. The first kappa shape index (κ1) is 16.4. The Morgan fingerprint density at radius 1 is 0.923 bits per heavy atom. The minimum Gasteiger partial charge on any atom is -0.344 e. The topological polar surface area (TPSA) is 32.3 Å². The molecule has 0 saturated carbocycles. The van der Waals surface area contributed by atoms with Crippen molar-refractivity contribution in [2.45, 2.75) is 19.3 Å². The summed E-state index contributed by atoms with van der Waals surface area (Å²) in [6.07, 6.45) is 0.690. The van der Waals surface area contributed by atoms with Gasteiger partial charge in [0, 0.05) is 24.1 Å². The highest BCUT2D eigenvalue weighted by Gasteiger charge is 2.29. The van der Waals surface area contributed by atoms with Crippen LogP contribution < -0.4 is 10.2 Å². The molecule has 3 aromatic rings. The molecule has 1 aliphatic rings. The molecule has 0 bridgehead atoms. The Labute approximate surface area is 154 Å². The summed E-state index contributed by atoms with van der Waals surface area (Å²) >= 11 is 0. The fourth-order valence-electron chi connectivity index (χ4n) is 3.66. The summed E-state index contributed by atoms with van der Waals surface area (Å²) in [6.45, 7) is 2.04. The van der Waals surface area contributed by atoms with Crippen molar-refractivity contribution in [3.8, 4) is 0 Å². The lowest BCUT2D eigenvalue weighted by molar-refractivity contribution is -0.117. The number of fused-ring (bicyclic) bond motifs is 2. The number of carbonyl (C=O) groups is 1. The standard InChI is InChI=1S/C23H22N2O/c1-16-11-13-18(14-12-16)24-23(26)20-15-17-7-3-5-9-21(17)25(2)22-10-6-4-8-19(20)22/h3-14,20H,15H2,1-2H3,(H,24,26). The number of carbonyl (C=O) groups excluding carboxylic acids is 1. The zero-order valence-electron chi connectivity index (χ0n) is 15.1. The minimum absolute atomic E-state index is 0.0337.